The number of para-hydroxylation sites is 2. The summed E-state index contributed by atoms with van der Waals surface area (Å²) in [4.78, 5) is 0. The number of fused-ring (bicyclic) bond motifs is 1. The van der Waals surface area contributed by atoms with E-state index >= 15 is 0 Å². The zero-order valence-corrected chi connectivity index (χ0v) is 5.33. The molecule has 2 rings (SSSR count). The predicted molar refractivity (Wildman–Crippen MR) is 39.7 cm³/mol. The lowest BCUT2D eigenvalue weighted by Crippen LogP contribution is -2.20. The third-order valence-electron chi connectivity index (χ3n) is 1.51. The van der Waals surface area contributed by atoms with Gasteiger partial charge >= 0.3 is 0 Å². The topological polar surface area (TPSA) is 44.3 Å². The van der Waals surface area contributed by atoms with Gasteiger partial charge in [0.2, 0.25) is 6.35 Å². The minimum atomic E-state index is -0.627. The van der Waals surface area contributed by atoms with Gasteiger partial charge in [0.05, 0.1) is 11.4 Å². The van der Waals surface area contributed by atoms with Crippen LogP contribution in [-0.4, -0.2) is 11.5 Å². The summed E-state index contributed by atoms with van der Waals surface area (Å²) in [5, 5.41) is 14.7. The van der Waals surface area contributed by atoms with Crippen LogP contribution in [0, 0.1) is 0 Å². The first-order valence-corrected chi connectivity index (χ1v) is 3.16. The van der Waals surface area contributed by atoms with Crippen molar-refractivity contribution in [1.82, 2.24) is 0 Å². The van der Waals surface area contributed by atoms with Gasteiger partial charge in [0.25, 0.3) is 0 Å². The number of aliphatic hydroxyl groups excluding tert-OH is 1. The van der Waals surface area contributed by atoms with Crippen LogP contribution in [0.15, 0.2) is 24.3 Å². The lowest BCUT2D eigenvalue weighted by atomic mass is 10.3. The van der Waals surface area contributed by atoms with Gasteiger partial charge in [-0.2, -0.15) is 0 Å². The molecule has 0 bridgehead atoms. The molecule has 52 valence electrons. The van der Waals surface area contributed by atoms with Gasteiger partial charge in [0, 0.05) is 0 Å². The lowest BCUT2D eigenvalue weighted by molar-refractivity contribution is 0.238. The second-order valence-electron chi connectivity index (χ2n) is 2.24. The fraction of sp³-hybridized carbons (Fsp3) is 0.143. The highest BCUT2D eigenvalue weighted by molar-refractivity contribution is 5.73. The van der Waals surface area contributed by atoms with E-state index in [-0.39, 0.29) is 0 Å². The standard InChI is InChI=1S/C7H8N2O/c10-7-8-5-3-1-2-4-6(5)9-7/h1-4,7-10H. The van der Waals surface area contributed by atoms with E-state index in [1.165, 1.54) is 0 Å². The van der Waals surface area contributed by atoms with Crippen molar-refractivity contribution in [3.8, 4) is 0 Å². The smallest absolute Gasteiger partial charge is 0.202 e. The number of rotatable bonds is 0. The van der Waals surface area contributed by atoms with Crippen LogP contribution in [-0.2, 0) is 0 Å². The summed E-state index contributed by atoms with van der Waals surface area (Å²) in [6.07, 6.45) is -0.627. The van der Waals surface area contributed by atoms with E-state index in [1.54, 1.807) is 0 Å². The molecule has 1 aliphatic heterocycles. The fourth-order valence-corrected chi connectivity index (χ4v) is 1.07. The highest BCUT2D eigenvalue weighted by atomic mass is 16.3. The molecular weight excluding hydrogens is 128 g/mol. The van der Waals surface area contributed by atoms with E-state index in [0.29, 0.717) is 0 Å². The second-order valence-corrected chi connectivity index (χ2v) is 2.24. The molecule has 0 aromatic heterocycles. The highest BCUT2D eigenvalue weighted by Crippen LogP contribution is 2.26. The molecule has 0 fully saturated rings. The molecular formula is C7H8N2O. The largest absolute Gasteiger partial charge is 0.357 e. The van der Waals surface area contributed by atoms with Gasteiger partial charge in [-0.15, -0.1) is 0 Å². The molecule has 0 saturated carbocycles. The molecule has 1 aromatic carbocycles. The molecule has 1 aromatic rings. The Morgan fingerprint density at radius 1 is 1.10 bits per heavy atom. The van der Waals surface area contributed by atoms with E-state index < -0.39 is 6.35 Å². The molecule has 0 unspecified atom stereocenters. The van der Waals surface area contributed by atoms with Crippen LogP contribution in [0.3, 0.4) is 0 Å². The van der Waals surface area contributed by atoms with Gasteiger partial charge in [-0.05, 0) is 12.1 Å². The Kier molecular flexibility index (Phi) is 1.05. The average Bonchev–Trinajstić information content (AvgIpc) is 2.27. The molecule has 0 amide bonds. The Hall–Kier alpha value is -1.22. The van der Waals surface area contributed by atoms with E-state index in [9.17, 15) is 0 Å². The first kappa shape index (κ1) is 5.56. The van der Waals surface area contributed by atoms with Crippen molar-refractivity contribution in [2.45, 2.75) is 6.35 Å². The number of hydrogen-bond acceptors (Lipinski definition) is 3. The lowest BCUT2D eigenvalue weighted by Gasteiger charge is -2.00. The van der Waals surface area contributed by atoms with E-state index in [4.69, 9.17) is 5.11 Å². The van der Waals surface area contributed by atoms with Gasteiger partial charge < -0.3 is 15.7 Å². The summed E-state index contributed by atoms with van der Waals surface area (Å²) >= 11 is 0. The molecule has 0 atom stereocenters. The van der Waals surface area contributed by atoms with Crippen molar-refractivity contribution < 1.29 is 5.11 Å². The van der Waals surface area contributed by atoms with Crippen LogP contribution >= 0.6 is 0 Å². The van der Waals surface area contributed by atoms with E-state index in [1.807, 2.05) is 24.3 Å². The maximum atomic E-state index is 9.03. The van der Waals surface area contributed by atoms with Crippen molar-refractivity contribution in [1.29, 1.82) is 0 Å². The summed E-state index contributed by atoms with van der Waals surface area (Å²) in [5.74, 6) is 0. The monoisotopic (exact) mass is 136 g/mol. The van der Waals surface area contributed by atoms with Crippen LogP contribution in [0.2, 0.25) is 0 Å². The Labute approximate surface area is 58.7 Å². The Morgan fingerprint density at radius 3 is 2.10 bits per heavy atom. The van der Waals surface area contributed by atoms with Crippen molar-refractivity contribution in [2.24, 2.45) is 0 Å². The second kappa shape index (κ2) is 1.88. The maximum Gasteiger partial charge on any atom is 0.202 e. The Morgan fingerprint density at radius 2 is 1.60 bits per heavy atom. The van der Waals surface area contributed by atoms with E-state index in [0.717, 1.165) is 11.4 Å². The number of anilines is 2. The number of benzene rings is 1. The van der Waals surface area contributed by atoms with Gasteiger partial charge in [0.1, 0.15) is 0 Å². The zero-order chi connectivity index (χ0) is 6.97. The normalized spacial score (nSPS) is 15.7. The van der Waals surface area contributed by atoms with Gasteiger partial charge in [-0.3, -0.25) is 0 Å². The van der Waals surface area contributed by atoms with Crippen molar-refractivity contribution in [3.63, 3.8) is 0 Å². The average molecular weight is 136 g/mol. The quantitative estimate of drug-likeness (QED) is 0.494. The molecule has 0 radical (unpaired) electrons. The Balaban J connectivity index is 2.42. The van der Waals surface area contributed by atoms with Crippen molar-refractivity contribution in [3.05, 3.63) is 24.3 Å². The van der Waals surface area contributed by atoms with Crippen LogP contribution in [0.5, 0.6) is 0 Å². The minimum Gasteiger partial charge on any atom is -0.357 e. The molecule has 1 aliphatic rings. The minimum absolute atomic E-state index is 0.627. The summed E-state index contributed by atoms with van der Waals surface area (Å²) in [7, 11) is 0. The molecule has 3 nitrogen and oxygen atoms in total. The van der Waals surface area contributed by atoms with Crippen LogP contribution in [0.4, 0.5) is 11.4 Å². The molecule has 0 saturated heterocycles. The number of hydrogen-bond donors (Lipinski definition) is 3. The van der Waals surface area contributed by atoms with Gasteiger partial charge in [0.15, 0.2) is 0 Å². The summed E-state index contributed by atoms with van der Waals surface area (Å²) in [6, 6.07) is 7.67. The fourth-order valence-electron chi connectivity index (χ4n) is 1.07. The molecule has 0 spiro atoms. The van der Waals surface area contributed by atoms with Crippen LogP contribution < -0.4 is 10.6 Å². The van der Waals surface area contributed by atoms with Crippen LogP contribution in [0.25, 0.3) is 0 Å². The number of nitrogens with one attached hydrogen (secondary N) is 2. The zero-order valence-electron chi connectivity index (χ0n) is 5.33. The number of aliphatic hydroxyl groups is 1. The molecule has 3 N–H and O–H groups in total. The summed E-state index contributed by atoms with van der Waals surface area (Å²) in [6.45, 7) is 0. The third kappa shape index (κ3) is 0.717. The maximum absolute atomic E-state index is 9.03. The summed E-state index contributed by atoms with van der Waals surface area (Å²) in [5.41, 5.74) is 1.91. The summed E-state index contributed by atoms with van der Waals surface area (Å²) < 4.78 is 0. The highest BCUT2D eigenvalue weighted by Gasteiger charge is 2.14. The first-order chi connectivity index (χ1) is 4.86. The molecule has 0 aliphatic carbocycles. The van der Waals surface area contributed by atoms with Crippen LogP contribution in [0.1, 0.15) is 0 Å². The van der Waals surface area contributed by atoms with Crippen molar-refractivity contribution in [2.75, 3.05) is 10.6 Å². The van der Waals surface area contributed by atoms with E-state index in [2.05, 4.69) is 10.6 Å². The first-order valence-electron chi connectivity index (χ1n) is 3.16. The molecule has 1 heterocycles. The SMILES string of the molecule is OC1Nc2ccccc2N1. The predicted octanol–water partition coefficient (Wildman–Crippen LogP) is 0.800. The third-order valence-corrected chi connectivity index (χ3v) is 1.51. The van der Waals surface area contributed by atoms with Crippen molar-refractivity contribution >= 4 is 11.4 Å². The Bertz CT molecular complexity index is 224. The molecule has 3 heteroatoms. The molecule has 10 heavy (non-hydrogen) atoms. The van der Waals surface area contributed by atoms with Gasteiger partial charge in [-0.1, -0.05) is 12.1 Å². The van der Waals surface area contributed by atoms with Gasteiger partial charge in [-0.25, -0.2) is 0 Å².